The van der Waals surface area contributed by atoms with E-state index in [2.05, 4.69) is 15.5 Å². The van der Waals surface area contributed by atoms with Crippen LogP contribution in [0.25, 0.3) is 0 Å². The number of anilines is 2. The van der Waals surface area contributed by atoms with E-state index in [9.17, 15) is 14.4 Å². The van der Waals surface area contributed by atoms with Crippen molar-refractivity contribution in [1.82, 2.24) is 10.2 Å². The molecule has 3 amide bonds. The van der Waals surface area contributed by atoms with Gasteiger partial charge in [0.1, 0.15) is 5.75 Å². The van der Waals surface area contributed by atoms with Gasteiger partial charge in [-0.1, -0.05) is 18.2 Å². The topological polar surface area (TPSA) is 100 Å². The lowest BCUT2D eigenvalue weighted by molar-refractivity contribution is -0.134. The standard InChI is InChI=1S/C23H28N4O5/c1-26(23(30)15-24-22(29)17-32-20-5-3-2-4-6-20)16-21(28)25-18-7-9-19(10-8-18)27-11-13-31-14-12-27/h2-10H,11-17H2,1H3,(H,24,29)(H,25,28). The number of amides is 3. The van der Waals surface area contributed by atoms with Gasteiger partial charge in [0, 0.05) is 31.5 Å². The molecule has 9 nitrogen and oxygen atoms in total. The Labute approximate surface area is 187 Å². The number of para-hydroxylation sites is 1. The molecule has 0 saturated carbocycles. The van der Waals surface area contributed by atoms with Crippen molar-refractivity contribution in [2.24, 2.45) is 0 Å². The van der Waals surface area contributed by atoms with Crippen molar-refractivity contribution in [2.75, 3.05) is 63.3 Å². The van der Waals surface area contributed by atoms with Crippen molar-refractivity contribution in [3.05, 3.63) is 54.6 Å². The van der Waals surface area contributed by atoms with Gasteiger partial charge in [-0.05, 0) is 36.4 Å². The average Bonchev–Trinajstić information content (AvgIpc) is 2.82. The fourth-order valence-electron chi connectivity index (χ4n) is 3.11. The third kappa shape index (κ3) is 7.28. The number of hydrogen-bond donors (Lipinski definition) is 2. The first-order valence-corrected chi connectivity index (χ1v) is 10.4. The summed E-state index contributed by atoms with van der Waals surface area (Å²) >= 11 is 0. The summed E-state index contributed by atoms with van der Waals surface area (Å²) in [4.78, 5) is 39.8. The van der Waals surface area contributed by atoms with Crippen LogP contribution in [0.2, 0.25) is 0 Å². The Morgan fingerprint density at radius 3 is 2.38 bits per heavy atom. The molecule has 3 rings (SSSR count). The van der Waals surface area contributed by atoms with Gasteiger partial charge in [0.2, 0.25) is 11.8 Å². The second-order valence-electron chi connectivity index (χ2n) is 7.32. The van der Waals surface area contributed by atoms with Gasteiger partial charge in [0.15, 0.2) is 6.61 Å². The van der Waals surface area contributed by atoms with Crippen molar-refractivity contribution in [1.29, 1.82) is 0 Å². The van der Waals surface area contributed by atoms with Crippen LogP contribution in [0, 0.1) is 0 Å². The molecule has 1 fully saturated rings. The maximum atomic E-state index is 12.3. The first kappa shape index (κ1) is 23.1. The van der Waals surface area contributed by atoms with Crippen molar-refractivity contribution in [3.63, 3.8) is 0 Å². The lowest BCUT2D eigenvalue weighted by atomic mass is 10.2. The van der Waals surface area contributed by atoms with E-state index in [1.807, 2.05) is 30.3 Å². The highest BCUT2D eigenvalue weighted by Gasteiger charge is 2.15. The Morgan fingerprint density at radius 2 is 1.69 bits per heavy atom. The molecule has 0 aromatic heterocycles. The summed E-state index contributed by atoms with van der Waals surface area (Å²) in [7, 11) is 1.51. The Kier molecular flexibility index (Phi) is 8.44. The predicted molar refractivity (Wildman–Crippen MR) is 121 cm³/mol. The molecular weight excluding hydrogens is 412 g/mol. The molecule has 32 heavy (non-hydrogen) atoms. The van der Waals surface area contributed by atoms with E-state index in [0.717, 1.165) is 18.8 Å². The van der Waals surface area contributed by atoms with Crippen molar-refractivity contribution in [3.8, 4) is 5.75 Å². The molecule has 170 valence electrons. The minimum absolute atomic E-state index is 0.125. The quantitative estimate of drug-likeness (QED) is 0.606. The summed E-state index contributed by atoms with van der Waals surface area (Å²) in [5.41, 5.74) is 1.73. The molecule has 0 atom stereocenters. The Balaban J connectivity index is 1.36. The van der Waals surface area contributed by atoms with Gasteiger partial charge >= 0.3 is 0 Å². The first-order valence-electron chi connectivity index (χ1n) is 10.4. The lowest BCUT2D eigenvalue weighted by Gasteiger charge is -2.28. The van der Waals surface area contributed by atoms with Crippen LogP contribution in [-0.2, 0) is 19.1 Å². The highest BCUT2D eigenvalue weighted by atomic mass is 16.5. The van der Waals surface area contributed by atoms with E-state index in [0.29, 0.717) is 24.7 Å². The number of nitrogens with zero attached hydrogens (tertiary/aromatic N) is 2. The molecule has 0 aliphatic carbocycles. The average molecular weight is 441 g/mol. The van der Waals surface area contributed by atoms with E-state index in [1.165, 1.54) is 11.9 Å². The molecule has 1 aliphatic heterocycles. The van der Waals surface area contributed by atoms with E-state index in [-0.39, 0.29) is 31.5 Å². The maximum Gasteiger partial charge on any atom is 0.258 e. The van der Waals surface area contributed by atoms with Crippen LogP contribution in [0.4, 0.5) is 11.4 Å². The van der Waals surface area contributed by atoms with Crippen molar-refractivity contribution in [2.45, 2.75) is 0 Å². The zero-order chi connectivity index (χ0) is 22.8. The van der Waals surface area contributed by atoms with E-state index in [4.69, 9.17) is 9.47 Å². The highest BCUT2D eigenvalue weighted by Crippen LogP contribution is 2.19. The molecule has 1 heterocycles. The molecule has 1 saturated heterocycles. The summed E-state index contributed by atoms with van der Waals surface area (Å²) in [6, 6.07) is 16.5. The van der Waals surface area contributed by atoms with Crippen LogP contribution < -0.4 is 20.3 Å². The Morgan fingerprint density at radius 1 is 1.00 bits per heavy atom. The fraction of sp³-hybridized carbons (Fsp3) is 0.348. The molecular formula is C23H28N4O5. The Bertz CT molecular complexity index is 898. The molecule has 9 heteroatoms. The molecule has 0 radical (unpaired) electrons. The van der Waals surface area contributed by atoms with Crippen LogP contribution in [0.3, 0.4) is 0 Å². The Hall–Kier alpha value is -3.59. The number of nitrogens with one attached hydrogen (secondary N) is 2. The minimum Gasteiger partial charge on any atom is -0.484 e. The summed E-state index contributed by atoms with van der Waals surface area (Å²) in [6.07, 6.45) is 0. The van der Waals surface area contributed by atoms with E-state index >= 15 is 0 Å². The van der Waals surface area contributed by atoms with Crippen LogP contribution in [-0.4, -0.2) is 75.7 Å². The van der Waals surface area contributed by atoms with Gasteiger partial charge < -0.3 is 29.9 Å². The number of hydrogen-bond acceptors (Lipinski definition) is 6. The molecule has 2 aromatic carbocycles. The van der Waals surface area contributed by atoms with Gasteiger partial charge in [0.05, 0.1) is 26.3 Å². The van der Waals surface area contributed by atoms with Gasteiger partial charge in [-0.3, -0.25) is 14.4 Å². The van der Waals surface area contributed by atoms with Gasteiger partial charge in [-0.15, -0.1) is 0 Å². The maximum absolute atomic E-state index is 12.3. The number of likely N-dealkylation sites (N-methyl/N-ethyl adjacent to an activating group) is 1. The zero-order valence-corrected chi connectivity index (χ0v) is 18.1. The molecule has 0 spiro atoms. The van der Waals surface area contributed by atoms with Crippen LogP contribution >= 0.6 is 0 Å². The molecule has 0 unspecified atom stereocenters. The van der Waals surface area contributed by atoms with Crippen LogP contribution in [0.1, 0.15) is 0 Å². The number of rotatable bonds is 9. The second-order valence-corrected chi connectivity index (χ2v) is 7.32. The van der Waals surface area contributed by atoms with Crippen molar-refractivity contribution < 1.29 is 23.9 Å². The molecule has 2 N–H and O–H groups in total. The highest BCUT2D eigenvalue weighted by molar-refractivity contribution is 5.95. The summed E-state index contributed by atoms with van der Waals surface area (Å²) in [5, 5.41) is 5.27. The predicted octanol–water partition coefficient (Wildman–Crippen LogP) is 1.12. The lowest BCUT2D eigenvalue weighted by Crippen LogP contribution is -2.42. The zero-order valence-electron chi connectivity index (χ0n) is 18.1. The summed E-state index contributed by atoms with van der Waals surface area (Å²) in [5.74, 6) is -0.546. The summed E-state index contributed by atoms with van der Waals surface area (Å²) in [6.45, 7) is 2.57. The third-order valence-electron chi connectivity index (χ3n) is 4.88. The number of carbonyl (C=O) groups excluding carboxylic acids is 3. The molecule has 2 aromatic rings. The number of ether oxygens (including phenoxy) is 2. The van der Waals surface area contributed by atoms with Gasteiger partial charge in [0.25, 0.3) is 5.91 Å². The number of carbonyl (C=O) groups is 3. The van der Waals surface area contributed by atoms with E-state index in [1.54, 1.807) is 24.3 Å². The minimum atomic E-state index is -0.416. The molecule has 1 aliphatic rings. The van der Waals surface area contributed by atoms with Gasteiger partial charge in [-0.25, -0.2) is 0 Å². The van der Waals surface area contributed by atoms with Gasteiger partial charge in [-0.2, -0.15) is 0 Å². The summed E-state index contributed by atoms with van der Waals surface area (Å²) < 4.78 is 10.7. The third-order valence-corrected chi connectivity index (χ3v) is 4.88. The van der Waals surface area contributed by atoms with E-state index < -0.39 is 5.91 Å². The second kappa shape index (κ2) is 11.7. The SMILES string of the molecule is CN(CC(=O)Nc1ccc(N2CCOCC2)cc1)C(=O)CNC(=O)COc1ccccc1. The number of morpholine rings is 1. The first-order chi connectivity index (χ1) is 15.5. The van der Waals surface area contributed by atoms with Crippen molar-refractivity contribution >= 4 is 29.1 Å². The smallest absolute Gasteiger partial charge is 0.258 e. The molecule has 0 bridgehead atoms. The normalized spacial score (nSPS) is 13.2. The van der Waals surface area contributed by atoms with Crippen LogP contribution in [0.15, 0.2) is 54.6 Å². The monoisotopic (exact) mass is 440 g/mol. The largest absolute Gasteiger partial charge is 0.484 e. The number of benzene rings is 2. The van der Waals surface area contributed by atoms with Crippen LogP contribution in [0.5, 0.6) is 5.75 Å². The fourth-order valence-corrected chi connectivity index (χ4v) is 3.11.